The van der Waals surface area contributed by atoms with E-state index in [1.54, 1.807) is 0 Å². The lowest BCUT2D eigenvalue weighted by Gasteiger charge is -2.24. The van der Waals surface area contributed by atoms with Gasteiger partial charge in [0.25, 0.3) is 0 Å². The highest BCUT2D eigenvalue weighted by Gasteiger charge is 2.21. The molecule has 1 aliphatic heterocycles. The van der Waals surface area contributed by atoms with Gasteiger partial charge < -0.3 is 15.0 Å². The van der Waals surface area contributed by atoms with Crippen LogP contribution in [-0.2, 0) is 11.3 Å². The molecule has 1 atom stereocenters. The molecule has 4 heteroatoms. The Kier molecular flexibility index (Phi) is 5.85. The van der Waals surface area contributed by atoms with E-state index >= 15 is 0 Å². The van der Waals surface area contributed by atoms with Crippen molar-refractivity contribution in [2.24, 2.45) is 0 Å². The summed E-state index contributed by atoms with van der Waals surface area (Å²) >= 11 is 0. The van der Waals surface area contributed by atoms with Crippen LogP contribution in [-0.4, -0.2) is 30.6 Å². The van der Waals surface area contributed by atoms with Crippen molar-refractivity contribution in [3.63, 3.8) is 0 Å². The second kappa shape index (κ2) is 8.50. The number of nitrogens with one attached hydrogen (secondary N) is 1. The van der Waals surface area contributed by atoms with Gasteiger partial charge in [0.05, 0.1) is 6.04 Å². The summed E-state index contributed by atoms with van der Waals surface area (Å²) in [4.78, 5) is 14.6. The molecule has 1 N–H and O–H groups in total. The SMILES string of the molecule is O=C(N[C@H](CN1CCCC1)c1ccccc1)OCc1ccccc1. The number of alkyl carbamates (subject to hydrolysis) is 1. The van der Waals surface area contributed by atoms with E-state index in [9.17, 15) is 4.79 Å². The van der Waals surface area contributed by atoms with Crippen LogP contribution < -0.4 is 5.32 Å². The number of benzene rings is 2. The van der Waals surface area contributed by atoms with Gasteiger partial charge in [0, 0.05) is 6.54 Å². The summed E-state index contributed by atoms with van der Waals surface area (Å²) in [5, 5.41) is 3.03. The Bertz CT molecular complexity index is 625. The van der Waals surface area contributed by atoms with Gasteiger partial charge in [-0.05, 0) is 37.1 Å². The van der Waals surface area contributed by atoms with Crippen molar-refractivity contribution in [3.05, 3.63) is 71.8 Å². The number of likely N-dealkylation sites (tertiary alicyclic amines) is 1. The molecule has 0 radical (unpaired) electrons. The van der Waals surface area contributed by atoms with Crippen molar-refractivity contribution in [2.75, 3.05) is 19.6 Å². The van der Waals surface area contributed by atoms with E-state index in [0.29, 0.717) is 0 Å². The second-order valence-electron chi connectivity index (χ2n) is 6.18. The molecule has 1 saturated heterocycles. The molecule has 0 unspecified atom stereocenters. The Hall–Kier alpha value is -2.33. The minimum absolute atomic E-state index is 0.0485. The summed E-state index contributed by atoms with van der Waals surface area (Å²) in [7, 11) is 0. The Labute approximate surface area is 143 Å². The zero-order valence-corrected chi connectivity index (χ0v) is 13.9. The number of hydrogen-bond donors (Lipinski definition) is 1. The number of hydrogen-bond acceptors (Lipinski definition) is 3. The van der Waals surface area contributed by atoms with Crippen molar-refractivity contribution in [2.45, 2.75) is 25.5 Å². The van der Waals surface area contributed by atoms with Crippen LogP contribution in [0.5, 0.6) is 0 Å². The number of carbonyl (C=O) groups excluding carboxylic acids is 1. The fraction of sp³-hybridized carbons (Fsp3) is 0.350. The number of nitrogens with zero attached hydrogens (tertiary/aromatic N) is 1. The van der Waals surface area contributed by atoms with E-state index in [2.05, 4.69) is 22.3 Å². The van der Waals surface area contributed by atoms with Crippen molar-refractivity contribution in [3.8, 4) is 0 Å². The van der Waals surface area contributed by atoms with Gasteiger partial charge in [-0.25, -0.2) is 4.79 Å². The molecule has 0 saturated carbocycles. The van der Waals surface area contributed by atoms with E-state index in [-0.39, 0.29) is 18.7 Å². The standard InChI is InChI=1S/C20H24N2O2/c23-20(24-16-17-9-3-1-4-10-17)21-19(15-22-13-7-8-14-22)18-11-5-2-6-12-18/h1-6,9-12,19H,7-8,13-16H2,(H,21,23)/t19-/m1/s1. The minimum Gasteiger partial charge on any atom is -0.445 e. The van der Waals surface area contributed by atoms with Crippen molar-refractivity contribution >= 4 is 6.09 Å². The first-order valence-electron chi connectivity index (χ1n) is 8.56. The van der Waals surface area contributed by atoms with Gasteiger partial charge in [0.15, 0.2) is 0 Å². The molecule has 2 aromatic rings. The average molecular weight is 324 g/mol. The lowest BCUT2D eigenvalue weighted by Crippen LogP contribution is -2.37. The highest BCUT2D eigenvalue weighted by molar-refractivity contribution is 5.68. The third-order valence-corrected chi connectivity index (χ3v) is 4.35. The number of ether oxygens (including phenoxy) is 1. The number of amides is 1. The zero-order valence-electron chi connectivity index (χ0n) is 13.9. The Morgan fingerprint density at radius 3 is 2.29 bits per heavy atom. The summed E-state index contributed by atoms with van der Waals surface area (Å²) in [6, 6.07) is 19.8. The molecule has 1 fully saturated rings. The predicted octanol–water partition coefficient (Wildman–Crippen LogP) is 3.75. The molecule has 1 heterocycles. The molecule has 2 aromatic carbocycles. The third kappa shape index (κ3) is 4.83. The maximum Gasteiger partial charge on any atom is 0.407 e. The van der Waals surface area contributed by atoms with Crippen LogP contribution in [0.4, 0.5) is 4.79 Å². The monoisotopic (exact) mass is 324 g/mol. The van der Waals surface area contributed by atoms with Crippen LogP contribution in [0.2, 0.25) is 0 Å². The van der Waals surface area contributed by atoms with Gasteiger partial charge in [-0.15, -0.1) is 0 Å². The van der Waals surface area contributed by atoms with E-state index < -0.39 is 0 Å². The minimum atomic E-state index is -0.369. The Morgan fingerprint density at radius 2 is 1.62 bits per heavy atom. The fourth-order valence-electron chi connectivity index (χ4n) is 3.05. The molecule has 0 aromatic heterocycles. The number of rotatable bonds is 6. The summed E-state index contributed by atoms with van der Waals surface area (Å²) in [5.41, 5.74) is 2.10. The maximum absolute atomic E-state index is 12.2. The van der Waals surface area contributed by atoms with Gasteiger partial charge in [-0.1, -0.05) is 60.7 Å². The van der Waals surface area contributed by atoms with Gasteiger partial charge in [-0.2, -0.15) is 0 Å². The van der Waals surface area contributed by atoms with Gasteiger partial charge >= 0.3 is 6.09 Å². The Balaban J connectivity index is 1.59. The smallest absolute Gasteiger partial charge is 0.407 e. The molecule has 4 nitrogen and oxygen atoms in total. The van der Waals surface area contributed by atoms with Crippen LogP contribution in [0.1, 0.15) is 30.0 Å². The van der Waals surface area contributed by atoms with E-state index in [4.69, 9.17) is 4.74 Å². The summed E-state index contributed by atoms with van der Waals surface area (Å²) in [6.45, 7) is 3.32. The molecule has 0 bridgehead atoms. The number of carbonyl (C=O) groups is 1. The molecule has 126 valence electrons. The van der Waals surface area contributed by atoms with Crippen molar-refractivity contribution in [1.29, 1.82) is 0 Å². The van der Waals surface area contributed by atoms with Crippen LogP contribution in [0.25, 0.3) is 0 Å². The van der Waals surface area contributed by atoms with Crippen LogP contribution in [0, 0.1) is 0 Å². The summed E-state index contributed by atoms with van der Waals surface area (Å²) in [6.07, 6.45) is 2.10. The highest BCUT2D eigenvalue weighted by Crippen LogP contribution is 2.18. The molecule has 0 spiro atoms. The molecule has 1 amide bonds. The summed E-state index contributed by atoms with van der Waals surface area (Å²) in [5.74, 6) is 0. The van der Waals surface area contributed by atoms with E-state index in [1.807, 2.05) is 48.5 Å². The van der Waals surface area contributed by atoms with E-state index in [0.717, 1.165) is 30.8 Å². The maximum atomic E-state index is 12.2. The first-order chi connectivity index (χ1) is 11.8. The van der Waals surface area contributed by atoms with E-state index in [1.165, 1.54) is 12.8 Å². The Morgan fingerprint density at radius 1 is 1.00 bits per heavy atom. The molecule has 24 heavy (non-hydrogen) atoms. The lowest BCUT2D eigenvalue weighted by atomic mass is 10.1. The molecule has 3 rings (SSSR count). The van der Waals surface area contributed by atoms with Crippen molar-refractivity contribution in [1.82, 2.24) is 10.2 Å². The average Bonchev–Trinajstić information content (AvgIpc) is 3.14. The largest absolute Gasteiger partial charge is 0.445 e. The second-order valence-corrected chi connectivity index (χ2v) is 6.18. The van der Waals surface area contributed by atoms with Gasteiger partial charge in [0.2, 0.25) is 0 Å². The van der Waals surface area contributed by atoms with Gasteiger partial charge in [-0.3, -0.25) is 0 Å². The molecular weight excluding hydrogens is 300 g/mol. The van der Waals surface area contributed by atoms with Crippen LogP contribution in [0.3, 0.4) is 0 Å². The molecule has 1 aliphatic rings. The quantitative estimate of drug-likeness (QED) is 0.880. The zero-order chi connectivity index (χ0) is 16.6. The van der Waals surface area contributed by atoms with Crippen LogP contribution >= 0.6 is 0 Å². The highest BCUT2D eigenvalue weighted by atomic mass is 16.5. The first-order valence-corrected chi connectivity index (χ1v) is 8.56. The molecule has 0 aliphatic carbocycles. The predicted molar refractivity (Wildman–Crippen MR) is 94.6 cm³/mol. The van der Waals surface area contributed by atoms with Crippen LogP contribution in [0.15, 0.2) is 60.7 Å². The lowest BCUT2D eigenvalue weighted by molar-refractivity contribution is 0.132. The molecular formula is C20H24N2O2. The van der Waals surface area contributed by atoms with Gasteiger partial charge in [0.1, 0.15) is 6.61 Å². The fourth-order valence-corrected chi connectivity index (χ4v) is 3.05. The topological polar surface area (TPSA) is 41.6 Å². The third-order valence-electron chi connectivity index (χ3n) is 4.35. The first kappa shape index (κ1) is 16.5. The van der Waals surface area contributed by atoms with Crippen molar-refractivity contribution < 1.29 is 9.53 Å². The normalized spacial score (nSPS) is 15.8. The summed E-state index contributed by atoms with van der Waals surface area (Å²) < 4.78 is 5.38.